The van der Waals surface area contributed by atoms with Crippen LogP contribution < -0.4 is 18.9 Å². The highest BCUT2D eigenvalue weighted by molar-refractivity contribution is 8.15. The van der Waals surface area contributed by atoms with Crippen molar-refractivity contribution in [1.82, 2.24) is 19.9 Å². The number of thioether (sulfide) groups is 4. The molecule has 4 saturated heterocycles. The number of carbonyl (C=O) groups excluding carboxylic acids is 4. The van der Waals surface area contributed by atoms with E-state index in [-0.39, 0.29) is 152 Å². The number of ketones is 4. The summed E-state index contributed by atoms with van der Waals surface area (Å²) in [5, 5.41) is 197. The molecule has 136 heavy (non-hydrogen) atoms. The summed E-state index contributed by atoms with van der Waals surface area (Å²) >= 11 is 5.45. The minimum absolute atomic E-state index is 0.0265. The smallest absolute Gasteiger partial charge is 0.186 e. The number of pyridine rings is 4. The summed E-state index contributed by atoms with van der Waals surface area (Å²) in [5.74, 6) is 2.70. The Labute approximate surface area is 796 Å². The highest BCUT2D eigenvalue weighted by atomic mass is 32.2. The van der Waals surface area contributed by atoms with E-state index in [1.165, 1.54) is 124 Å². The lowest BCUT2D eigenvalue weighted by Gasteiger charge is -2.39. The van der Waals surface area contributed by atoms with Crippen molar-refractivity contribution in [2.75, 3.05) is 155 Å². The Morgan fingerprint density at radius 1 is 0.301 bits per heavy atom. The number of Topliss-reactive ketones (excluding diaryl/α,β-unsaturated/α-hetero) is 4. The number of aromatic nitrogens is 4. The van der Waals surface area contributed by atoms with Gasteiger partial charge in [0.05, 0.1) is 130 Å². The fraction of sp³-hybridized carbons (Fsp3) is 0.667. The maximum Gasteiger partial charge on any atom is 0.186 e. The summed E-state index contributed by atoms with van der Waals surface area (Å²) < 4.78 is 85.7. The molecule has 8 unspecified atom stereocenters. The Kier molecular flexibility index (Phi) is 43.7. The fourth-order valence-electron chi connectivity index (χ4n) is 12.9. The van der Waals surface area contributed by atoms with E-state index >= 15 is 0 Å². The summed E-state index contributed by atoms with van der Waals surface area (Å²) in [6, 6.07) is 5.66. The highest BCUT2D eigenvalue weighted by Crippen LogP contribution is 2.40. The van der Waals surface area contributed by atoms with Crippen LogP contribution in [0, 0.1) is 0 Å². The van der Waals surface area contributed by atoms with Gasteiger partial charge < -0.3 is 178 Å². The molecular formula is C84H120N8O40S4. The number of hydrogen-bond acceptors (Lipinski definition) is 52. The number of aliphatic hydroxyl groups excluding tert-OH is 16. The Balaban J connectivity index is 0.000000203. The summed E-state index contributed by atoms with van der Waals surface area (Å²) in [6.45, 7) is 12.9. The van der Waals surface area contributed by atoms with Gasteiger partial charge in [-0.2, -0.15) is 0 Å². The third-order valence-electron chi connectivity index (χ3n) is 22.0. The third kappa shape index (κ3) is 30.4. The largest absolute Gasteiger partial charge is 0.505 e. The molecule has 8 aliphatic rings. The molecule has 0 bridgehead atoms. The average Bonchev–Trinajstić information content (AvgIpc) is 1.66. The van der Waals surface area contributed by atoms with Gasteiger partial charge >= 0.3 is 0 Å². The molecule has 12 heterocycles. The molecule has 0 spiro atoms. The van der Waals surface area contributed by atoms with Crippen LogP contribution >= 0.6 is 47.0 Å². The van der Waals surface area contributed by atoms with Crippen LogP contribution in [0.2, 0.25) is 0 Å². The molecule has 52 heteroatoms. The molecule has 48 nitrogen and oxygen atoms in total. The van der Waals surface area contributed by atoms with Gasteiger partial charge in [0.1, 0.15) is 235 Å². The van der Waals surface area contributed by atoms with Gasteiger partial charge in [0.15, 0.2) is 48.3 Å². The molecule has 12 rings (SSSR count). The van der Waals surface area contributed by atoms with Crippen molar-refractivity contribution in [1.29, 1.82) is 0 Å². The van der Waals surface area contributed by atoms with E-state index in [1.807, 2.05) is 0 Å². The first kappa shape index (κ1) is 112. The number of aromatic hydroxyl groups is 4. The van der Waals surface area contributed by atoms with Gasteiger partial charge in [0.2, 0.25) is 0 Å². The first-order valence-corrected chi connectivity index (χ1v) is 46.8. The SMILES string of the molecule is CC(=O)[C@@]1(C)CSC(c2ncc(OCCOCCO[C@@H]3OC(CO)[C@@H](O)C(O)[C@@H]3O)cc2O)=N1.CC(=O)[C@@]1(C)CSC(c2ncc(OCCOCCO[C@@H]3OC(CO)[C@H](O)C(O)[C@H]3O)cc2O)=N1.CC(=O)[C@@]1(C)CSC(c2ncc(OCCOCCO[C@H]3OC(CO)[C@@H](O)C(O)[C@@H]3O)cc2O)=N1.CC(=O)[C@@]1(C)CSC(c2ncc(OCCOCCO[C@H]3OC(CO)[C@H](O)C(O)[C@H]3O)cc2O)=N1. The monoisotopic (exact) mass is 2010 g/mol. The van der Waals surface area contributed by atoms with Crippen molar-refractivity contribution < 1.29 is 197 Å². The second kappa shape index (κ2) is 52.9. The number of aliphatic hydroxyl groups is 16. The van der Waals surface area contributed by atoms with Crippen molar-refractivity contribution in [3.8, 4) is 46.0 Å². The first-order valence-electron chi connectivity index (χ1n) is 42.9. The maximum absolute atomic E-state index is 11.8. The van der Waals surface area contributed by atoms with Crippen LogP contribution in [0.15, 0.2) is 69.0 Å². The Morgan fingerprint density at radius 2 is 0.485 bits per heavy atom. The normalized spacial score (nSPS) is 31.4. The molecule has 8 aliphatic heterocycles. The topological polar surface area (TPSA) is 722 Å². The second-order valence-electron chi connectivity index (χ2n) is 32.4. The molecule has 0 amide bonds. The van der Waals surface area contributed by atoms with E-state index in [0.29, 0.717) is 89.0 Å². The Bertz CT molecular complexity index is 4110. The number of nitrogens with zero attached hydrogens (tertiary/aromatic N) is 8. The summed E-state index contributed by atoms with van der Waals surface area (Å²) in [5.41, 5.74) is -2.07. The minimum atomic E-state index is -1.50. The van der Waals surface area contributed by atoms with Crippen LogP contribution in [0.3, 0.4) is 0 Å². The van der Waals surface area contributed by atoms with Crippen LogP contribution in [-0.2, 0) is 76.0 Å². The number of rotatable bonds is 44. The summed E-state index contributed by atoms with van der Waals surface area (Å²) in [7, 11) is 0. The van der Waals surface area contributed by atoms with Gasteiger partial charge in [-0.05, 0) is 55.4 Å². The number of hydrogen-bond donors (Lipinski definition) is 20. The molecule has 4 aromatic rings. The Hall–Kier alpha value is -7.36. The zero-order valence-corrected chi connectivity index (χ0v) is 78.7. The second-order valence-corrected chi connectivity index (χ2v) is 36.3. The lowest BCUT2D eigenvalue weighted by molar-refractivity contribution is -0.302. The predicted octanol–water partition coefficient (Wildman–Crippen LogP) is -4.64. The van der Waals surface area contributed by atoms with Crippen LogP contribution in [0.5, 0.6) is 46.0 Å². The van der Waals surface area contributed by atoms with Crippen LogP contribution in [0.25, 0.3) is 0 Å². The van der Waals surface area contributed by atoms with Crippen LogP contribution in [0.4, 0.5) is 0 Å². The number of aliphatic imine (C=N–C) groups is 4. The zero-order chi connectivity index (χ0) is 99.5. The molecular weight excluding hydrogens is 1890 g/mol. The highest BCUT2D eigenvalue weighted by Gasteiger charge is 2.49. The zero-order valence-electron chi connectivity index (χ0n) is 75.5. The Morgan fingerprint density at radius 3 is 0.647 bits per heavy atom. The molecule has 760 valence electrons. The molecule has 0 radical (unpaired) electrons. The van der Waals surface area contributed by atoms with Gasteiger partial charge in [-0.1, -0.05) is 0 Å². The van der Waals surface area contributed by atoms with Crippen LogP contribution in [0.1, 0.15) is 78.2 Å². The van der Waals surface area contributed by atoms with Gasteiger partial charge in [0, 0.05) is 47.3 Å². The lowest BCUT2D eigenvalue weighted by atomic mass is 9.99. The van der Waals surface area contributed by atoms with Gasteiger partial charge in [-0.3, -0.25) is 39.1 Å². The summed E-state index contributed by atoms with van der Waals surface area (Å²) in [6.07, 6.45) is -20.8. The van der Waals surface area contributed by atoms with E-state index in [1.54, 1.807) is 27.7 Å². The van der Waals surface area contributed by atoms with Gasteiger partial charge in [-0.15, -0.1) is 47.0 Å². The van der Waals surface area contributed by atoms with E-state index in [2.05, 4.69) is 39.9 Å². The molecule has 4 aromatic heterocycles. The molecule has 20 N–H and O–H groups in total. The van der Waals surface area contributed by atoms with Crippen molar-refractivity contribution in [3.05, 3.63) is 71.8 Å². The molecule has 0 aliphatic carbocycles. The molecule has 0 saturated carbocycles. The predicted molar refractivity (Wildman–Crippen MR) is 480 cm³/mol. The average molecular weight is 2010 g/mol. The first-order chi connectivity index (χ1) is 64.6. The van der Waals surface area contributed by atoms with Crippen molar-refractivity contribution in [2.45, 2.75) is 200 Å². The number of ether oxygens (including phenoxy) is 16. The quantitative estimate of drug-likeness (QED) is 0.0185. The maximum atomic E-state index is 11.8. The van der Waals surface area contributed by atoms with E-state index < -0.39 is 171 Å². The standard InChI is InChI=1S/4C21H30N2O10S/c4*1-11(25)21(2)10-34-19(23-21)15-13(26)7-12(8-22-15)31-5-3-30-4-6-32-20-18(29)17(28)16(27)14(9-24)33-20/h4*7-8,14,16-18,20,24,26-29H,3-6,9-10H2,1-2H3/t14?,16-,17?,18+,20+,21+;14?,16-,17?,18+,20+,21-;14?,16-,17?,18+,20-,21+;14?,16-,17?,18+,20-,21-/m0101/s1. The lowest BCUT2D eigenvalue weighted by Crippen LogP contribution is -2.59. The van der Waals surface area contributed by atoms with Gasteiger partial charge in [-0.25, -0.2) is 19.9 Å². The van der Waals surface area contributed by atoms with Crippen molar-refractivity contribution in [2.24, 2.45) is 20.0 Å². The molecule has 4 fully saturated rings. The van der Waals surface area contributed by atoms with Crippen LogP contribution in [-0.4, -0.2) is 466 Å². The van der Waals surface area contributed by atoms with E-state index in [9.17, 15) is 101 Å². The third-order valence-corrected chi connectivity index (χ3v) is 27.0. The minimum Gasteiger partial charge on any atom is -0.505 e. The number of carbonyl (C=O) groups is 4. The van der Waals surface area contributed by atoms with E-state index in [4.69, 9.17) is 96.2 Å². The molecule has 24 atom stereocenters. The van der Waals surface area contributed by atoms with Crippen molar-refractivity contribution >= 4 is 90.4 Å². The van der Waals surface area contributed by atoms with E-state index in [0.717, 1.165) is 0 Å². The fourth-order valence-corrected chi connectivity index (χ4v) is 17.9. The summed E-state index contributed by atoms with van der Waals surface area (Å²) in [4.78, 5) is 81.5. The van der Waals surface area contributed by atoms with Crippen molar-refractivity contribution in [3.63, 3.8) is 0 Å². The molecule has 0 aromatic carbocycles. The van der Waals surface area contributed by atoms with Gasteiger partial charge in [0.25, 0.3) is 0 Å².